The van der Waals surface area contributed by atoms with Crippen LogP contribution < -0.4 is 20.1 Å². The molecule has 0 spiro atoms. The maximum absolute atomic E-state index is 15.0. The van der Waals surface area contributed by atoms with Gasteiger partial charge in [-0.05, 0) is 43.9 Å². The summed E-state index contributed by atoms with van der Waals surface area (Å²) < 4.78 is 25.5. The molecule has 0 saturated heterocycles. The van der Waals surface area contributed by atoms with E-state index in [9.17, 15) is 24.2 Å². The molecule has 2 aliphatic rings. The summed E-state index contributed by atoms with van der Waals surface area (Å²) in [6, 6.07) is 6.72. The van der Waals surface area contributed by atoms with Crippen LogP contribution >= 0.6 is 0 Å². The Bertz CT molecular complexity index is 1460. The van der Waals surface area contributed by atoms with Crippen LogP contribution in [0.3, 0.4) is 0 Å². The fraction of sp³-hybridized carbons (Fsp3) is 0.370. The average molecular weight is 538 g/mol. The van der Waals surface area contributed by atoms with Gasteiger partial charge in [0.1, 0.15) is 5.82 Å². The number of aliphatic hydroxyl groups is 1. The molecule has 2 atom stereocenters. The lowest BCUT2D eigenvalue weighted by Gasteiger charge is -2.36. The molecule has 3 aromatic heterocycles. The van der Waals surface area contributed by atoms with Crippen molar-refractivity contribution in [1.29, 1.82) is 0 Å². The number of aliphatic hydroxyl groups excluding tert-OH is 1. The maximum atomic E-state index is 15.0. The summed E-state index contributed by atoms with van der Waals surface area (Å²) in [7, 11) is 1.43. The fourth-order valence-electron chi connectivity index (χ4n) is 4.94. The molecule has 204 valence electrons. The average Bonchev–Trinajstić information content (AvgIpc) is 2.95. The van der Waals surface area contributed by atoms with Crippen molar-refractivity contribution in [2.24, 2.45) is 0 Å². The first-order valence-corrected chi connectivity index (χ1v) is 12.5. The van der Waals surface area contributed by atoms with Crippen molar-refractivity contribution in [2.45, 2.75) is 43.7 Å². The SMILES string of the molecule is COc1ccc2ncc(F)c(C(CC3=CCC(CO)(NCc4ccc5c(n4)NC(=O)CO5)CC3)C(=O)O)c2n1. The van der Waals surface area contributed by atoms with Crippen LogP contribution in [-0.4, -0.2) is 62.9 Å². The van der Waals surface area contributed by atoms with E-state index in [1.165, 1.54) is 7.11 Å². The molecule has 39 heavy (non-hydrogen) atoms. The molecule has 4 heterocycles. The topological polar surface area (TPSA) is 156 Å². The Morgan fingerprint density at radius 3 is 2.87 bits per heavy atom. The molecule has 5 rings (SSSR count). The third kappa shape index (κ3) is 5.52. The van der Waals surface area contributed by atoms with Crippen LogP contribution in [-0.2, 0) is 16.1 Å². The Hall–Kier alpha value is -4.16. The van der Waals surface area contributed by atoms with Crippen LogP contribution in [0.4, 0.5) is 10.2 Å². The van der Waals surface area contributed by atoms with Crippen molar-refractivity contribution in [3.63, 3.8) is 0 Å². The van der Waals surface area contributed by atoms with Crippen LogP contribution in [0, 0.1) is 5.82 Å². The van der Waals surface area contributed by atoms with Gasteiger partial charge in [0, 0.05) is 23.7 Å². The number of aliphatic carboxylic acids is 1. The Balaban J connectivity index is 1.32. The first kappa shape index (κ1) is 26.4. The van der Waals surface area contributed by atoms with Gasteiger partial charge in [-0.1, -0.05) is 11.6 Å². The number of rotatable bonds is 9. The number of nitrogens with zero attached hydrogens (tertiary/aromatic N) is 3. The minimum absolute atomic E-state index is 0.0287. The van der Waals surface area contributed by atoms with Crippen molar-refractivity contribution in [2.75, 3.05) is 25.6 Å². The number of ether oxygens (including phenoxy) is 2. The molecule has 11 nitrogen and oxygen atoms in total. The van der Waals surface area contributed by atoms with E-state index in [0.717, 1.165) is 11.8 Å². The number of fused-ring (bicyclic) bond motifs is 2. The molecule has 12 heteroatoms. The van der Waals surface area contributed by atoms with Crippen molar-refractivity contribution >= 4 is 28.7 Å². The Morgan fingerprint density at radius 2 is 2.15 bits per heavy atom. The first-order chi connectivity index (χ1) is 18.8. The van der Waals surface area contributed by atoms with Crippen molar-refractivity contribution in [3.05, 3.63) is 59.2 Å². The van der Waals surface area contributed by atoms with E-state index in [0.29, 0.717) is 48.6 Å². The number of carbonyl (C=O) groups is 2. The third-order valence-corrected chi connectivity index (χ3v) is 7.19. The number of anilines is 1. The number of carboxylic acid groups (broad SMARTS) is 1. The maximum Gasteiger partial charge on any atom is 0.311 e. The number of allylic oxidation sites excluding steroid dienone is 1. The molecule has 0 radical (unpaired) electrons. The summed E-state index contributed by atoms with van der Waals surface area (Å²) >= 11 is 0. The second-order valence-corrected chi connectivity index (χ2v) is 9.68. The molecule has 1 aliphatic heterocycles. The van der Waals surface area contributed by atoms with E-state index in [1.54, 1.807) is 24.3 Å². The van der Waals surface area contributed by atoms with Crippen molar-refractivity contribution in [1.82, 2.24) is 20.3 Å². The normalized spacial score (nSPS) is 19.5. The second kappa shape index (κ2) is 10.9. The summed E-state index contributed by atoms with van der Waals surface area (Å²) in [4.78, 5) is 36.7. The van der Waals surface area contributed by atoms with Crippen LogP contribution in [0.5, 0.6) is 11.6 Å². The highest BCUT2D eigenvalue weighted by Crippen LogP contribution is 2.37. The lowest BCUT2D eigenvalue weighted by molar-refractivity contribution is -0.138. The molecule has 1 aliphatic carbocycles. The molecule has 3 aromatic rings. The monoisotopic (exact) mass is 537 g/mol. The second-order valence-electron chi connectivity index (χ2n) is 9.68. The van der Waals surface area contributed by atoms with Gasteiger partial charge in [0.05, 0.1) is 42.6 Å². The van der Waals surface area contributed by atoms with E-state index in [4.69, 9.17) is 9.47 Å². The van der Waals surface area contributed by atoms with Gasteiger partial charge >= 0.3 is 5.97 Å². The lowest BCUT2D eigenvalue weighted by Crippen LogP contribution is -2.49. The van der Waals surface area contributed by atoms with Gasteiger partial charge in [-0.25, -0.2) is 14.4 Å². The highest BCUT2D eigenvalue weighted by Gasteiger charge is 2.34. The van der Waals surface area contributed by atoms with Crippen molar-refractivity contribution in [3.8, 4) is 11.6 Å². The molecule has 2 unspecified atom stereocenters. The van der Waals surface area contributed by atoms with Gasteiger partial charge in [-0.2, -0.15) is 0 Å². The quantitative estimate of drug-likeness (QED) is 0.299. The van der Waals surface area contributed by atoms with E-state index >= 15 is 0 Å². The fourth-order valence-corrected chi connectivity index (χ4v) is 4.94. The highest BCUT2D eigenvalue weighted by molar-refractivity contribution is 5.94. The smallest absolute Gasteiger partial charge is 0.311 e. The summed E-state index contributed by atoms with van der Waals surface area (Å²) in [6.07, 6.45) is 4.52. The zero-order chi connectivity index (χ0) is 27.6. The first-order valence-electron chi connectivity index (χ1n) is 12.5. The zero-order valence-corrected chi connectivity index (χ0v) is 21.2. The summed E-state index contributed by atoms with van der Waals surface area (Å²) in [6.45, 7) is 0.148. The van der Waals surface area contributed by atoms with E-state index in [-0.39, 0.29) is 42.5 Å². The lowest BCUT2D eigenvalue weighted by atomic mass is 9.79. The van der Waals surface area contributed by atoms with Gasteiger partial charge in [0.15, 0.2) is 18.2 Å². The molecule has 0 bridgehead atoms. The zero-order valence-electron chi connectivity index (χ0n) is 21.2. The number of amides is 1. The van der Waals surface area contributed by atoms with Gasteiger partial charge in [-0.15, -0.1) is 0 Å². The van der Waals surface area contributed by atoms with Gasteiger partial charge in [-0.3, -0.25) is 14.6 Å². The minimum Gasteiger partial charge on any atom is -0.481 e. The summed E-state index contributed by atoms with van der Waals surface area (Å²) in [5, 5.41) is 26.3. The highest BCUT2D eigenvalue weighted by atomic mass is 19.1. The number of carboxylic acids is 1. The standard InChI is InChI=1S/C27H28FN5O6/c1-38-22-5-3-19-24(33-22)23(18(28)12-29-19)17(26(36)37)10-15-6-8-27(14-34,9-7-15)30-11-16-2-4-20-25(31-16)32-21(35)13-39-20/h2-6,12,17,30,34H,7-11,13-14H2,1H3,(H,36,37)(H,31,32,35). The molecule has 0 fully saturated rings. The Labute approximate surface area is 223 Å². The number of hydrogen-bond donors (Lipinski definition) is 4. The summed E-state index contributed by atoms with van der Waals surface area (Å²) in [5.74, 6) is -2.26. The number of hydrogen-bond acceptors (Lipinski definition) is 9. The largest absolute Gasteiger partial charge is 0.481 e. The number of nitrogens with one attached hydrogen (secondary N) is 2. The molecule has 0 aromatic carbocycles. The minimum atomic E-state index is -1.17. The molecule has 1 amide bonds. The third-order valence-electron chi connectivity index (χ3n) is 7.19. The number of halogens is 1. The van der Waals surface area contributed by atoms with Crippen molar-refractivity contribution < 1.29 is 33.7 Å². The summed E-state index contributed by atoms with van der Waals surface area (Å²) in [5.41, 5.74) is 1.39. The van der Waals surface area contributed by atoms with Gasteiger partial charge in [0.25, 0.3) is 5.91 Å². The van der Waals surface area contributed by atoms with Crippen LogP contribution in [0.25, 0.3) is 11.0 Å². The Kier molecular flexibility index (Phi) is 7.40. The van der Waals surface area contributed by atoms with Gasteiger partial charge in [0.2, 0.25) is 5.88 Å². The number of carbonyl (C=O) groups excluding carboxylic acids is 1. The Morgan fingerprint density at radius 1 is 1.31 bits per heavy atom. The van der Waals surface area contributed by atoms with E-state index in [1.807, 2.05) is 6.08 Å². The predicted molar refractivity (Wildman–Crippen MR) is 138 cm³/mol. The number of pyridine rings is 3. The molecule has 0 saturated carbocycles. The number of methoxy groups -OCH3 is 1. The van der Waals surface area contributed by atoms with Crippen LogP contribution in [0.15, 0.2) is 42.1 Å². The van der Waals surface area contributed by atoms with Gasteiger partial charge < -0.3 is 30.3 Å². The van der Waals surface area contributed by atoms with E-state index < -0.39 is 23.2 Å². The molecular weight excluding hydrogens is 509 g/mol. The van der Waals surface area contributed by atoms with Crippen LogP contribution in [0.1, 0.15) is 42.9 Å². The molecular formula is C27H28FN5O6. The number of aromatic nitrogens is 3. The molecule has 4 N–H and O–H groups in total. The van der Waals surface area contributed by atoms with E-state index in [2.05, 4.69) is 25.6 Å². The van der Waals surface area contributed by atoms with Crippen LogP contribution in [0.2, 0.25) is 0 Å². The predicted octanol–water partition coefficient (Wildman–Crippen LogP) is 2.69.